The van der Waals surface area contributed by atoms with Crippen LogP contribution in [0.4, 0.5) is 0 Å². The molecule has 90 valence electrons. The van der Waals surface area contributed by atoms with Crippen LogP contribution in [0, 0.1) is 5.92 Å². The van der Waals surface area contributed by atoms with Gasteiger partial charge in [0.25, 0.3) is 0 Å². The summed E-state index contributed by atoms with van der Waals surface area (Å²) in [6.45, 7) is 3.64. The highest BCUT2D eigenvalue weighted by Crippen LogP contribution is 2.28. The second-order valence-corrected chi connectivity index (χ2v) is 4.40. The van der Waals surface area contributed by atoms with Crippen LogP contribution in [-0.4, -0.2) is 34.8 Å². The fourth-order valence-corrected chi connectivity index (χ4v) is 1.52. The summed E-state index contributed by atoms with van der Waals surface area (Å²) < 4.78 is 7.34. The fourth-order valence-electron chi connectivity index (χ4n) is 1.52. The van der Waals surface area contributed by atoms with Gasteiger partial charge in [-0.2, -0.15) is 0 Å². The van der Waals surface area contributed by atoms with Crippen molar-refractivity contribution in [3.8, 4) is 0 Å². The monoisotopic (exact) mass is 224 g/mol. The Hall–Kier alpha value is -0.940. The van der Waals surface area contributed by atoms with Crippen LogP contribution < -0.4 is 5.32 Å². The Balaban J connectivity index is 1.44. The predicted octanol–water partition coefficient (Wildman–Crippen LogP) is 0.721. The summed E-state index contributed by atoms with van der Waals surface area (Å²) in [5, 5.41) is 11.0. The molecule has 1 N–H and O–H groups in total. The highest BCUT2D eigenvalue weighted by atomic mass is 16.5. The van der Waals surface area contributed by atoms with Crippen LogP contribution in [0.3, 0.4) is 0 Å². The molecule has 0 spiro atoms. The van der Waals surface area contributed by atoms with E-state index in [1.807, 2.05) is 7.05 Å². The SMILES string of the molecule is Cn1nncc1CNCCCOCC1CC1. The summed E-state index contributed by atoms with van der Waals surface area (Å²) in [6, 6.07) is 0. The van der Waals surface area contributed by atoms with Gasteiger partial charge >= 0.3 is 0 Å². The van der Waals surface area contributed by atoms with E-state index in [1.54, 1.807) is 10.9 Å². The molecule has 0 aromatic carbocycles. The molecule has 1 heterocycles. The van der Waals surface area contributed by atoms with E-state index in [0.717, 1.165) is 44.3 Å². The smallest absolute Gasteiger partial charge is 0.0738 e. The standard InChI is InChI=1S/C11H20N4O/c1-15-11(8-13-14-15)7-12-5-2-6-16-9-10-3-4-10/h8,10,12H,2-7,9H2,1H3. The van der Waals surface area contributed by atoms with E-state index < -0.39 is 0 Å². The molecule has 1 fully saturated rings. The Morgan fingerprint density at radius 2 is 2.44 bits per heavy atom. The van der Waals surface area contributed by atoms with Crippen molar-refractivity contribution in [2.45, 2.75) is 25.8 Å². The van der Waals surface area contributed by atoms with Crippen molar-refractivity contribution in [1.82, 2.24) is 20.3 Å². The quantitative estimate of drug-likeness (QED) is 0.661. The minimum Gasteiger partial charge on any atom is -0.381 e. The van der Waals surface area contributed by atoms with Gasteiger partial charge in [-0.25, -0.2) is 0 Å². The summed E-state index contributed by atoms with van der Waals surface area (Å²) in [5.41, 5.74) is 1.11. The molecule has 1 saturated carbocycles. The lowest BCUT2D eigenvalue weighted by Gasteiger charge is -2.05. The van der Waals surface area contributed by atoms with Gasteiger partial charge < -0.3 is 10.1 Å². The van der Waals surface area contributed by atoms with Crippen molar-refractivity contribution >= 4 is 0 Å². The Morgan fingerprint density at radius 3 is 3.12 bits per heavy atom. The summed E-state index contributed by atoms with van der Waals surface area (Å²) >= 11 is 0. The zero-order valence-electron chi connectivity index (χ0n) is 9.85. The van der Waals surface area contributed by atoms with Gasteiger partial charge in [-0.05, 0) is 31.7 Å². The average molecular weight is 224 g/mol. The van der Waals surface area contributed by atoms with Crippen LogP contribution in [-0.2, 0) is 18.3 Å². The van der Waals surface area contributed by atoms with Crippen LogP contribution in [0.15, 0.2) is 6.20 Å². The van der Waals surface area contributed by atoms with Crippen molar-refractivity contribution in [2.75, 3.05) is 19.8 Å². The van der Waals surface area contributed by atoms with Crippen molar-refractivity contribution in [1.29, 1.82) is 0 Å². The number of rotatable bonds is 8. The molecule has 0 amide bonds. The molecule has 0 bridgehead atoms. The number of aryl methyl sites for hydroxylation is 1. The highest BCUT2D eigenvalue weighted by Gasteiger charge is 2.20. The van der Waals surface area contributed by atoms with E-state index in [0.29, 0.717) is 0 Å². The number of hydrogen-bond donors (Lipinski definition) is 1. The number of nitrogens with one attached hydrogen (secondary N) is 1. The molecule has 1 aromatic heterocycles. The largest absolute Gasteiger partial charge is 0.381 e. The maximum atomic E-state index is 5.55. The van der Waals surface area contributed by atoms with Gasteiger partial charge in [-0.15, -0.1) is 5.10 Å². The van der Waals surface area contributed by atoms with Gasteiger partial charge in [-0.1, -0.05) is 5.21 Å². The zero-order valence-corrected chi connectivity index (χ0v) is 9.85. The lowest BCUT2D eigenvalue weighted by Crippen LogP contribution is -2.18. The summed E-state index contributed by atoms with van der Waals surface area (Å²) in [7, 11) is 1.91. The Morgan fingerprint density at radius 1 is 1.56 bits per heavy atom. The first-order valence-electron chi connectivity index (χ1n) is 5.98. The van der Waals surface area contributed by atoms with E-state index in [-0.39, 0.29) is 0 Å². The molecule has 1 aliphatic carbocycles. The molecule has 0 unspecified atom stereocenters. The van der Waals surface area contributed by atoms with Gasteiger partial charge in [0.15, 0.2) is 0 Å². The first-order chi connectivity index (χ1) is 7.86. The topological polar surface area (TPSA) is 52.0 Å². The van der Waals surface area contributed by atoms with E-state index >= 15 is 0 Å². The third-order valence-corrected chi connectivity index (χ3v) is 2.81. The number of nitrogens with zero attached hydrogens (tertiary/aromatic N) is 3. The molecule has 0 radical (unpaired) electrons. The molecule has 5 nitrogen and oxygen atoms in total. The zero-order chi connectivity index (χ0) is 11.2. The second kappa shape index (κ2) is 5.96. The predicted molar refractivity (Wildman–Crippen MR) is 60.9 cm³/mol. The Kier molecular flexibility index (Phi) is 4.30. The normalized spacial score (nSPS) is 15.6. The fraction of sp³-hybridized carbons (Fsp3) is 0.818. The molecular formula is C11H20N4O. The van der Waals surface area contributed by atoms with E-state index in [2.05, 4.69) is 15.6 Å². The van der Waals surface area contributed by atoms with Crippen LogP contribution >= 0.6 is 0 Å². The molecule has 2 rings (SSSR count). The van der Waals surface area contributed by atoms with E-state index in [9.17, 15) is 0 Å². The molecule has 1 aromatic rings. The van der Waals surface area contributed by atoms with Crippen LogP contribution in [0.1, 0.15) is 25.0 Å². The van der Waals surface area contributed by atoms with Gasteiger partial charge in [0.2, 0.25) is 0 Å². The molecule has 16 heavy (non-hydrogen) atoms. The number of aromatic nitrogens is 3. The maximum absolute atomic E-state index is 5.55. The Labute approximate surface area is 96.2 Å². The van der Waals surface area contributed by atoms with Gasteiger partial charge in [0, 0.05) is 26.8 Å². The summed E-state index contributed by atoms with van der Waals surface area (Å²) in [4.78, 5) is 0. The van der Waals surface area contributed by atoms with Crippen molar-refractivity contribution in [2.24, 2.45) is 13.0 Å². The highest BCUT2D eigenvalue weighted by molar-refractivity contribution is 4.91. The summed E-state index contributed by atoms with van der Waals surface area (Å²) in [5.74, 6) is 0.869. The van der Waals surface area contributed by atoms with Gasteiger partial charge in [-0.3, -0.25) is 4.68 Å². The molecule has 1 aliphatic rings. The third kappa shape index (κ3) is 3.90. The van der Waals surface area contributed by atoms with E-state index in [4.69, 9.17) is 4.74 Å². The first-order valence-corrected chi connectivity index (χ1v) is 5.98. The average Bonchev–Trinajstić information content (AvgIpc) is 3.01. The number of ether oxygens (including phenoxy) is 1. The molecule has 0 aliphatic heterocycles. The van der Waals surface area contributed by atoms with Crippen LogP contribution in [0.25, 0.3) is 0 Å². The lowest BCUT2D eigenvalue weighted by atomic mass is 10.4. The number of hydrogen-bond acceptors (Lipinski definition) is 4. The van der Waals surface area contributed by atoms with Gasteiger partial charge in [0.1, 0.15) is 0 Å². The van der Waals surface area contributed by atoms with Crippen molar-refractivity contribution < 1.29 is 4.74 Å². The summed E-state index contributed by atoms with van der Waals surface area (Å²) in [6.07, 6.45) is 5.59. The van der Waals surface area contributed by atoms with Crippen molar-refractivity contribution in [3.05, 3.63) is 11.9 Å². The molecule has 0 atom stereocenters. The lowest BCUT2D eigenvalue weighted by molar-refractivity contribution is 0.122. The van der Waals surface area contributed by atoms with Gasteiger partial charge in [0.05, 0.1) is 11.9 Å². The van der Waals surface area contributed by atoms with E-state index in [1.165, 1.54) is 12.8 Å². The molecular weight excluding hydrogens is 204 g/mol. The third-order valence-electron chi connectivity index (χ3n) is 2.81. The maximum Gasteiger partial charge on any atom is 0.0738 e. The molecule has 5 heteroatoms. The van der Waals surface area contributed by atoms with Crippen LogP contribution in [0.5, 0.6) is 0 Å². The minimum absolute atomic E-state index is 0.826. The first kappa shape index (κ1) is 11.5. The Bertz CT molecular complexity index is 309. The van der Waals surface area contributed by atoms with Crippen LogP contribution in [0.2, 0.25) is 0 Å². The molecule has 0 saturated heterocycles. The second-order valence-electron chi connectivity index (χ2n) is 4.40. The minimum atomic E-state index is 0.826. The van der Waals surface area contributed by atoms with Crippen molar-refractivity contribution in [3.63, 3.8) is 0 Å².